The molecule has 3 fully saturated rings. The van der Waals surface area contributed by atoms with Crippen molar-refractivity contribution in [3.8, 4) is 0 Å². The van der Waals surface area contributed by atoms with Crippen LogP contribution in [-0.4, -0.2) is 49.9 Å². The third-order valence-corrected chi connectivity index (χ3v) is 8.94. The molecular formula is C21H29O8P. The fourth-order valence-corrected chi connectivity index (χ4v) is 7.34. The SMILES string of the molecule is C[C@]12C=CC(=O)C=C1CCC1C2[C@@H](O)C[C@@]2(C)C1CC[C@]2(O)C(=O)COP(=O)(O)O. The van der Waals surface area contributed by atoms with Crippen LogP contribution in [0.4, 0.5) is 0 Å². The number of rotatable bonds is 4. The Morgan fingerprint density at radius 1 is 1.30 bits per heavy atom. The number of allylic oxidation sites excluding steroid dienone is 4. The van der Waals surface area contributed by atoms with Crippen molar-refractivity contribution in [1.29, 1.82) is 0 Å². The molecule has 8 nitrogen and oxygen atoms in total. The quantitative estimate of drug-likeness (QED) is 0.484. The van der Waals surface area contributed by atoms with Gasteiger partial charge >= 0.3 is 7.82 Å². The van der Waals surface area contributed by atoms with Gasteiger partial charge in [-0.2, -0.15) is 0 Å². The molecule has 0 amide bonds. The molecule has 3 unspecified atom stereocenters. The van der Waals surface area contributed by atoms with E-state index in [-0.39, 0.29) is 36.4 Å². The van der Waals surface area contributed by atoms with E-state index < -0.39 is 42.7 Å². The molecule has 0 heterocycles. The molecule has 9 heteroatoms. The number of aliphatic hydroxyl groups excluding tert-OH is 1. The molecule has 4 N–H and O–H groups in total. The molecular weight excluding hydrogens is 411 g/mol. The molecule has 0 radical (unpaired) electrons. The Hall–Kier alpha value is -1.15. The smallest absolute Gasteiger partial charge is 0.393 e. The molecule has 0 bridgehead atoms. The van der Waals surface area contributed by atoms with E-state index in [2.05, 4.69) is 4.52 Å². The number of carbonyl (C=O) groups excluding carboxylic acids is 2. The van der Waals surface area contributed by atoms with Crippen molar-refractivity contribution in [3.63, 3.8) is 0 Å². The van der Waals surface area contributed by atoms with Crippen molar-refractivity contribution in [1.82, 2.24) is 0 Å². The minimum absolute atomic E-state index is 0.0284. The summed E-state index contributed by atoms with van der Waals surface area (Å²) in [7, 11) is -4.84. The number of carbonyl (C=O) groups is 2. The van der Waals surface area contributed by atoms with Crippen LogP contribution in [0.2, 0.25) is 0 Å². The molecule has 0 aliphatic heterocycles. The van der Waals surface area contributed by atoms with Gasteiger partial charge in [0.05, 0.1) is 6.10 Å². The van der Waals surface area contributed by atoms with Gasteiger partial charge in [0.25, 0.3) is 0 Å². The first-order valence-corrected chi connectivity index (χ1v) is 11.9. The van der Waals surface area contributed by atoms with E-state index in [1.165, 1.54) is 0 Å². The maximum atomic E-state index is 12.8. The van der Waals surface area contributed by atoms with Gasteiger partial charge in [0, 0.05) is 16.7 Å². The van der Waals surface area contributed by atoms with Crippen molar-refractivity contribution in [2.75, 3.05) is 6.61 Å². The summed E-state index contributed by atoms with van der Waals surface area (Å²) >= 11 is 0. The second-order valence-electron chi connectivity index (χ2n) is 9.80. The van der Waals surface area contributed by atoms with Crippen molar-refractivity contribution in [2.45, 2.75) is 57.7 Å². The predicted molar refractivity (Wildman–Crippen MR) is 106 cm³/mol. The Labute approximate surface area is 175 Å². The van der Waals surface area contributed by atoms with E-state index in [1.807, 2.05) is 13.0 Å². The molecule has 4 rings (SSSR count). The first-order valence-electron chi connectivity index (χ1n) is 10.4. The highest BCUT2D eigenvalue weighted by atomic mass is 31.2. The fourth-order valence-electron chi connectivity index (χ4n) is 7.05. The van der Waals surface area contributed by atoms with Crippen molar-refractivity contribution in [3.05, 3.63) is 23.8 Å². The van der Waals surface area contributed by atoms with Gasteiger partial charge in [0.1, 0.15) is 12.2 Å². The molecule has 166 valence electrons. The summed E-state index contributed by atoms with van der Waals surface area (Å²) in [6, 6.07) is 0. The number of aliphatic hydroxyl groups is 2. The summed E-state index contributed by atoms with van der Waals surface area (Å²) in [6.45, 7) is 2.97. The van der Waals surface area contributed by atoms with Crippen molar-refractivity contribution < 1.29 is 38.7 Å². The highest BCUT2D eigenvalue weighted by Crippen LogP contribution is 2.67. The van der Waals surface area contributed by atoms with Gasteiger partial charge in [-0.15, -0.1) is 0 Å². The summed E-state index contributed by atoms with van der Waals surface area (Å²) in [6.07, 6.45) is 6.76. The van der Waals surface area contributed by atoms with Crippen LogP contribution in [0.1, 0.15) is 46.0 Å². The number of hydrogen-bond donors (Lipinski definition) is 4. The highest BCUT2D eigenvalue weighted by Gasteiger charge is 2.68. The summed E-state index contributed by atoms with van der Waals surface area (Å²) in [5.74, 6) is -0.888. The first-order chi connectivity index (χ1) is 13.8. The molecule has 4 aliphatic rings. The molecule has 4 aliphatic carbocycles. The molecule has 0 aromatic heterocycles. The van der Waals surface area contributed by atoms with Crippen LogP contribution in [0.25, 0.3) is 0 Å². The fraction of sp³-hybridized carbons (Fsp3) is 0.714. The molecule has 30 heavy (non-hydrogen) atoms. The zero-order chi connectivity index (χ0) is 22.1. The number of Topliss-reactive ketones (excluding diaryl/α,β-unsaturated/α-hetero) is 1. The van der Waals surface area contributed by atoms with Crippen LogP contribution < -0.4 is 0 Å². The lowest BCUT2D eigenvalue weighted by atomic mass is 9.46. The lowest BCUT2D eigenvalue weighted by molar-refractivity contribution is -0.178. The first kappa shape index (κ1) is 22.1. The van der Waals surface area contributed by atoms with Crippen LogP contribution in [0.5, 0.6) is 0 Å². The predicted octanol–water partition coefficient (Wildman–Crippen LogP) is 1.67. The number of phosphoric acid groups is 1. The third-order valence-electron chi connectivity index (χ3n) is 8.47. The van der Waals surface area contributed by atoms with Gasteiger partial charge in [-0.3, -0.25) is 14.1 Å². The second-order valence-corrected chi connectivity index (χ2v) is 11.0. The number of hydrogen-bond acceptors (Lipinski definition) is 6. The van der Waals surface area contributed by atoms with Crippen molar-refractivity contribution in [2.24, 2.45) is 28.6 Å². The Morgan fingerprint density at radius 3 is 2.67 bits per heavy atom. The molecule has 7 atom stereocenters. The van der Waals surface area contributed by atoms with Crippen LogP contribution in [0, 0.1) is 28.6 Å². The topological polar surface area (TPSA) is 141 Å². The lowest BCUT2D eigenvalue weighted by Gasteiger charge is -2.59. The van der Waals surface area contributed by atoms with Gasteiger partial charge in [-0.25, -0.2) is 4.57 Å². The van der Waals surface area contributed by atoms with E-state index in [1.54, 1.807) is 19.1 Å². The maximum Gasteiger partial charge on any atom is 0.470 e. The number of phosphoric ester groups is 1. The summed E-state index contributed by atoms with van der Waals surface area (Å²) in [4.78, 5) is 42.5. The Balaban J connectivity index is 1.65. The molecule has 0 spiro atoms. The lowest BCUT2D eigenvalue weighted by Crippen LogP contribution is -2.61. The highest BCUT2D eigenvalue weighted by molar-refractivity contribution is 7.46. The second kappa shape index (κ2) is 6.92. The average molecular weight is 440 g/mol. The standard InChI is InChI=1S/C21H29O8P/c1-19-7-5-13(22)9-12(19)3-4-14-15-6-8-21(25,17(24)11-29-30(26,27)28)20(15,2)10-16(23)18(14)19/h5,7,9,14-16,18,23,25H,3-4,6,8,10-11H2,1-2H3,(H2,26,27,28)/t14?,15?,16-,18?,19-,20-,21-/m0/s1. The maximum absolute atomic E-state index is 12.8. The van der Waals surface area contributed by atoms with Crippen molar-refractivity contribution >= 4 is 19.4 Å². The third kappa shape index (κ3) is 3.12. The number of fused-ring (bicyclic) bond motifs is 5. The van der Waals surface area contributed by atoms with Gasteiger partial charge < -0.3 is 20.0 Å². The largest absolute Gasteiger partial charge is 0.470 e. The molecule has 0 aromatic rings. The van der Waals surface area contributed by atoms with E-state index in [0.29, 0.717) is 6.42 Å². The van der Waals surface area contributed by atoms with Gasteiger partial charge in [-0.1, -0.05) is 25.5 Å². The minimum Gasteiger partial charge on any atom is -0.393 e. The summed E-state index contributed by atoms with van der Waals surface area (Å²) in [5.41, 5.74) is -2.15. The Morgan fingerprint density at radius 2 is 2.00 bits per heavy atom. The van der Waals surface area contributed by atoms with Crippen LogP contribution in [-0.2, 0) is 18.7 Å². The van der Waals surface area contributed by atoms with Crippen LogP contribution in [0.15, 0.2) is 23.8 Å². The van der Waals surface area contributed by atoms with Gasteiger partial charge in [0.2, 0.25) is 0 Å². The van der Waals surface area contributed by atoms with E-state index >= 15 is 0 Å². The van der Waals surface area contributed by atoms with Crippen LogP contribution in [0.3, 0.4) is 0 Å². The average Bonchev–Trinajstić information content (AvgIpc) is 2.91. The number of ketones is 2. The molecule has 0 aromatic carbocycles. The normalized spacial score (nSPS) is 45.4. The summed E-state index contributed by atoms with van der Waals surface area (Å²) < 4.78 is 15.4. The zero-order valence-electron chi connectivity index (χ0n) is 17.2. The zero-order valence-corrected chi connectivity index (χ0v) is 18.0. The van der Waals surface area contributed by atoms with E-state index in [9.17, 15) is 24.4 Å². The van der Waals surface area contributed by atoms with E-state index in [4.69, 9.17) is 9.79 Å². The van der Waals surface area contributed by atoms with Gasteiger partial charge in [-0.05, 0) is 56.1 Å². The van der Waals surface area contributed by atoms with E-state index in [0.717, 1.165) is 18.4 Å². The molecule has 3 saturated carbocycles. The summed E-state index contributed by atoms with van der Waals surface area (Å²) in [5, 5.41) is 22.6. The van der Waals surface area contributed by atoms with Crippen LogP contribution >= 0.6 is 7.82 Å². The minimum atomic E-state index is -4.84. The Kier molecular flexibility index (Phi) is 5.09. The monoisotopic (exact) mass is 440 g/mol. The van der Waals surface area contributed by atoms with Gasteiger partial charge in [0.15, 0.2) is 11.6 Å². The Bertz CT molecular complexity index is 889. The molecule has 0 saturated heterocycles.